The Balaban J connectivity index is 1.81. The van der Waals surface area contributed by atoms with Crippen molar-refractivity contribution in [2.75, 3.05) is 26.4 Å². The number of rotatable bonds is 6. The quantitative estimate of drug-likeness (QED) is 0.572. The van der Waals surface area contributed by atoms with Gasteiger partial charge in [-0.15, -0.1) is 0 Å². The van der Waals surface area contributed by atoms with Crippen LogP contribution in [0.15, 0.2) is 0 Å². The third kappa shape index (κ3) is 4.04. The topological polar surface area (TPSA) is 27.7 Å². The largest absolute Gasteiger partial charge is 0.381 e. The summed E-state index contributed by atoms with van der Waals surface area (Å²) in [5.41, 5.74) is 0. The van der Waals surface area contributed by atoms with E-state index < -0.39 is 0 Å². The minimum absolute atomic E-state index is 0.00775. The van der Waals surface area contributed by atoms with Gasteiger partial charge in [-0.05, 0) is 6.42 Å². The van der Waals surface area contributed by atoms with Gasteiger partial charge in [0.2, 0.25) is 0 Å². The minimum Gasteiger partial charge on any atom is -0.381 e. The number of unbranched alkanes of at least 4 members (excludes halogenated alkanes) is 1. The maximum atomic E-state index is 5.38. The van der Waals surface area contributed by atoms with Gasteiger partial charge in [-0.1, -0.05) is 13.3 Å². The second-order valence-electron chi connectivity index (χ2n) is 2.93. The summed E-state index contributed by atoms with van der Waals surface area (Å²) in [5, 5.41) is 0. The van der Waals surface area contributed by atoms with Gasteiger partial charge in [0.15, 0.2) is 6.29 Å². The lowest BCUT2D eigenvalue weighted by atomic mass is 10.4. The van der Waals surface area contributed by atoms with Gasteiger partial charge in [0.1, 0.15) is 0 Å². The van der Waals surface area contributed by atoms with Crippen molar-refractivity contribution < 1.29 is 14.2 Å². The summed E-state index contributed by atoms with van der Waals surface area (Å²) < 4.78 is 15.9. The molecule has 0 aromatic heterocycles. The molecule has 0 bridgehead atoms. The highest BCUT2D eigenvalue weighted by atomic mass is 16.7. The van der Waals surface area contributed by atoms with E-state index in [4.69, 9.17) is 14.2 Å². The maximum absolute atomic E-state index is 5.38. The molecule has 72 valence electrons. The lowest BCUT2D eigenvalue weighted by Gasteiger charge is -2.08. The predicted molar refractivity (Wildman–Crippen MR) is 46.0 cm³/mol. The van der Waals surface area contributed by atoms with Crippen molar-refractivity contribution in [2.45, 2.75) is 32.5 Å². The third-order valence-electron chi connectivity index (χ3n) is 1.83. The van der Waals surface area contributed by atoms with Gasteiger partial charge in [0, 0.05) is 13.0 Å². The molecule has 12 heavy (non-hydrogen) atoms. The molecule has 1 saturated heterocycles. The molecule has 0 amide bonds. The molecule has 0 aliphatic carbocycles. The number of ether oxygens (including phenoxy) is 3. The Bertz CT molecular complexity index is 99.9. The van der Waals surface area contributed by atoms with Crippen LogP contribution in [0.25, 0.3) is 0 Å². The molecule has 3 heteroatoms. The fraction of sp³-hybridized carbons (Fsp3) is 1.00. The molecule has 1 heterocycles. The van der Waals surface area contributed by atoms with Crippen molar-refractivity contribution in [3.05, 3.63) is 0 Å². The second kappa shape index (κ2) is 6.40. The van der Waals surface area contributed by atoms with Crippen LogP contribution in [-0.2, 0) is 14.2 Å². The summed E-state index contributed by atoms with van der Waals surface area (Å²) in [7, 11) is 0. The Hall–Kier alpha value is -0.120. The molecule has 3 nitrogen and oxygen atoms in total. The van der Waals surface area contributed by atoms with Crippen molar-refractivity contribution in [1.29, 1.82) is 0 Å². The molecular weight excluding hydrogens is 156 g/mol. The summed E-state index contributed by atoms with van der Waals surface area (Å²) in [6.07, 6.45) is 3.19. The Kier molecular flexibility index (Phi) is 5.32. The highest BCUT2D eigenvalue weighted by Gasteiger charge is 2.14. The maximum Gasteiger partial charge on any atom is 0.160 e. The lowest BCUT2D eigenvalue weighted by Crippen LogP contribution is -2.11. The Labute approximate surface area is 74.0 Å². The van der Waals surface area contributed by atoms with Crippen LogP contribution in [-0.4, -0.2) is 32.7 Å². The van der Waals surface area contributed by atoms with Gasteiger partial charge in [-0.25, -0.2) is 0 Å². The van der Waals surface area contributed by atoms with Crippen LogP contribution in [0.3, 0.4) is 0 Å². The van der Waals surface area contributed by atoms with Crippen molar-refractivity contribution >= 4 is 0 Å². The number of hydrogen-bond donors (Lipinski definition) is 0. The van der Waals surface area contributed by atoms with E-state index in [-0.39, 0.29) is 6.29 Å². The molecule has 1 aliphatic rings. The van der Waals surface area contributed by atoms with Crippen LogP contribution in [0.4, 0.5) is 0 Å². The lowest BCUT2D eigenvalue weighted by molar-refractivity contribution is -0.0618. The normalized spacial score (nSPS) is 18.8. The zero-order valence-electron chi connectivity index (χ0n) is 7.75. The van der Waals surface area contributed by atoms with Crippen LogP contribution in [0.5, 0.6) is 0 Å². The Morgan fingerprint density at radius 1 is 1.25 bits per heavy atom. The molecule has 0 saturated carbocycles. The first-order chi connectivity index (χ1) is 5.93. The zero-order valence-corrected chi connectivity index (χ0v) is 7.75. The van der Waals surface area contributed by atoms with E-state index in [1.54, 1.807) is 0 Å². The molecule has 0 atom stereocenters. The number of hydrogen-bond acceptors (Lipinski definition) is 3. The van der Waals surface area contributed by atoms with Gasteiger partial charge >= 0.3 is 0 Å². The first-order valence-electron chi connectivity index (χ1n) is 4.74. The van der Waals surface area contributed by atoms with Crippen LogP contribution in [0.1, 0.15) is 26.2 Å². The van der Waals surface area contributed by atoms with Gasteiger partial charge in [0.25, 0.3) is 0 Å². The van der Waals surface area contributed by atoms with E-state index in [2.05, 4.69) is 6.92 Å². The molecule has 1 aliphatic heterocycles. The Morgan fingerprint density at radius 2 is 2.00 bits per heavy atom. The fourth-order valence-electron chi connectivity index (χ4n) is 1.10. The summed E-state index contributed by atoms with van der Waals surface area (Å²) in [6, 6.07) is 0. The molecule has 0 N–H and O–H groups in total. The van der Waals surface area contributed by atoms with Crippen molar-refractivity contribution in [3.63, 3.8) is 0 Å². The van der Waals surface area contributed by atoms with E-state index in [0.717, 1.165) is 39.3 Å². The van der Waals surface area contributed by atoms with E-state index >= 15 is 0 Å². The third-order valence-corrected chi connectivity index (χ3v) is 1.83. The van der Waals surface area contributed by atoms with E-state index in [0.29, 0.717) is 0 Å². The first-order valence-corrected chi connectivity index (χ1v) is 4.74. The van der Waals surface area contributed by atoms with Crippen molar-refractivity contribution in [1.82, 2.24) is 0 Å². The highest BCUT2D eigenvalue weighted by molar-refractivity contribution is 4.50. The highest BCUT2D eigenvalue weighted by Crippen LogP contribution is 2.07. The first kappa shape index (κ1) is 9.96. The van der Waals surface area contributed by atoms with E-state index in [1.165, 1.54) is 6.42 Å². The van der Waals surface area contributed by atoms with Gasteiger partial charge in [-0.3, -0.25) is 0 Å². The summed E-state index contributed by atoms with van der Waals surface area (Å²) in [4.78, 5) is 0. The average molecular weight is 174 g/mol. The van der Waals surface area contributed by atoms with Crippen molar-refractivity contribution in [2.24, 2.45) is 0 Å². The van der Waals surface area contributed by atoms with Crippen LogP contribution < -0.4 is 0 Å². The molecule has 0 radical (unpaired) electrons. The SMILES string of the molecule is CCCCOCCC1OCCO1. The van der Waals surface area contributed by atoms with Gasteiger partial charge < -0.3 is 14.2 Å². The summed E-state index contributed by atoms with van der Waals surface area (Å²) >= 11 is 0. The van der Waals surface area contributed by atoms with Crippen LogP contribution in [0.2, 0.25) is 0 Å². The molecule has 1 fully saturated rings. The molecule has 0 unspecified atom stereocenters. The van der Waals surface area contributed by atoms with Crippen LogP contribution in [0, 0.1) is 0 Å². The molecule has 0 aromatic carbocycles. The zero-order chi connectivity index (χ0) is 8.65. The average Bonchev–Trinajstić information content (AvgIpc) is 2.57. The predicted octanol–water partition coefficient (Wildman–Crippen LogP) is 1.57. The van der Waals surface area contributed by atoms with Crippen molar-refractivity contribution in [3.8, 4) is 0 Å². The standard InChI is InChI=1S/C9H18O3/c1-2-3-5-10-6-4-9-11-7-8-12-9/h9H,2-8H2,1H3. The van der Waals surface area contributed by atoms with E-state index in [1.807, 2.05) is 0 Å². The molecular formula is C9H18O3. The molecule has 0 spiro atoms. The fourth-order valence-corrected chi connectivity index (χ4v) is 1.10. The monoisotopic (exact) mass is 174 g/mol. The van der Waals surface area contributed by atoms with Gasteiger partial charge in [-0.2, -0.15) is 0 Å². The smallest absolute Gasteiger partial charge is 0.160 e. The minimum atomic E-state index is -0.00775. The summed E-state index contributed by atoms with van der Waals surface area (Å²) in [5.74, 6) is 0. The molecule has 0 aromatic rings. The Morgan fingerprint density at radius 3 is 2.67 bits per heavy atom. The second-order valence-corrected chi connectivity index (χ2v) is 2.93. The summed E-state index contributed by atoms with van der Waals surface area (Å²) in [6.45, 7) is 5.25. The van der Waals surface area contributed by atoms with Gasteiger partial charge in [0.05, 0.1) is 19.8 Å². The molecule has 1 rings (SSSR count). The van der Waals surface area contributed by atoms with E-state index in [9.17, 15) is 0 Å². The van der Waals surface area contributed by atoms with Crippen LogP contribution >= 0.6 is 0 Å².